The lowest BCUT2D eigenvalue weighted by Crippen LogP contribution is -2.51. The normalized spacial score (nSPS) is 23.6. The van der Waals surface area contributed by atoms with Gasteiger partial charge < -0.3 is 9.53 Å². The summed E-state index contributed by atoms with van der Waals surface area (Å²) in [7, 11) is -2.05. The van der Waals surface area contributed by atoms with Crippen LogP contribution in [0.1, 0.15) is 96.9 Å². The van der Waals surface area contributed by atoms with Gasteiger partial charge >= 0.3 is 0 Å². The third-order valence-electron chi connectivity index (χ3n) is 9.60. The molecule has 216 valence electrons. The molecule has 2 aromatic carbocycles. The van der Waals surface area contributed by atoms with Gasteiger partial charge in [-0.25, -0.2) is 0 Å². The fourth-order valence-electron chi connectivity index (χ4n) is 7.92. The summed E-state index contributed by atoms with van der Waals surface area (Å²) in [4.78, 5) is 3.95. The number of aryl methyl sites for hydroxylation is 2. The van der Waals surface area contributed by atoms with E-state index < -0.39 is 14.4 Å². The number of hydrogen-bond acceptors (Lipinski definition) is 4. The summed E-state index contributed by atoms with van der Waals surface area (Å²) in [6.45, 7) is 20.6. The molecule has 2 aliphatic rings. The average molecular weight is 588 g/mol. The molecule has 2 saturated heterocycles. The van der Waals surface area contributed by atoms with E-state index >= 15 is 0 Å². The highest BCUT2D eigenvalue weighted by Gasteiger charge is 2.48. The topological polar surface area (TPSA) is 32.7 Å². The zero-order valence-corrected chi connectivity index (χ0v) is 28.1. The van der Waals surface area contributed by atoms with E-state index in [2.05, 4.69) is 91.5 Å². The van der Waals surface area contributed by atoms with Crippen molar-refractivity contribution in [3.63, 3.8) is 0 Å². The summed E-state index contributed by atoms with van der Waals surface area (Å²) in [6, 6.07) is 13.8. The number of nitrogens with zero attached hydrogens (tertiary/aromatic N) is 1. The van der Waals surface area contributed by atoms with Crippen molar-refractivity contribution in [2.24, 2.45) is 0 Å². The second-order valence-corrected chi connectivity index (χ2v) is 20.3. The maximum Gasteiger partial charge on any atom is 0.258 e. The summed E-state index contributed by atoms with van der Waals surface area (Å²) >= 11 is 8.09. The van der Waals surface area contributed by atoms with Gasteiger partial charge in [-0.3, -0.25) is 4.90 Å². The number of fused-ring (bicyclic) bond motifs is 2. The van der Waals surface area contributed by atoms with E-state index in [0.717, 1.165) is 27.5 Å². The van der Waals surface area contributed by atoms with Crippen LogP contribution in [0.5, 0.6) is 5.75 Å². The Labute approximate surface area is 248 Å². The smallest absolute Gasteiger partial charge is 0.258 e. The van der Waals surface area contributed by atoms with Crippen LogP contribution in [-0.2, 0) is 0 Å². The monoisotopic (exact) mass is 587 g/mol. The standard InChI is InChI=1S/C33H50ClNO2SSi/c1-20(2)39(21(3)4,22(5)6)37-33-23(7)16-26(17-24(33)8)32(36)25(9)35-28-12-13-29(35)19-31(18-28)38-30-14-10-27(34)11-15-30/h10-11,14-17,20-22,25,28-29,31-32,36H,12-13,18-19H2,1-9H3/t25-,28?,29?,31?,32+/m1/s1. The van der Waals surface area contributed by atoms with Crippen LogP contribution in [0.3, 0.4) is 0 Å². The molecule has 2 fully saturated rings. The zero-order valence-electron chi connectivity index (χ0n) is 25.5. The minimum absolute atomic E-state index is 0.0880. The first-order valence-corrected chi connectivity index (χ1v) is 18.4. The maximum atomic E-state index is 11.7. The average Bonchev–Trinajstić information content (AvgIpc) is 3.13. The Balaban J connectivity index is 1.49. The van der Waals surface area contributed by atoms with Gasteiger partial charge in [0.2, 0.25) is 0 Å². The molecule has 0 aliphatic carbocycles. The predicted molar refractivity (Wildman–Crippen MR) is 171 cm³/mol. The first-order chi connectivity index (χ1) is 18.3. The molecule has 2 aromatic rings. The Morgan fingerprint density at radius 2 is 1.36 bits per heavy atom. The van der Waals surface area contributed by atoms with Crippen LogP contribution in [0.4, 0.5) is 0 Å². The molecule has 0 aromatic heterocycles. The molecule has 1 N–H and O–H groups in total. The molecule has 3 nitrogen and oxygen atoms in total. The molecule has 2 heterocycles. The van der Waals surface area contributed by atoms with E-state index in [1.807, 2.05) is 23.9 Å². The summed E-state index contributed by atoms with van der Waals surface area (Å²) < 4.78 is 7.11. The van der Waals surface area contributed by atoms with Crippen LogP contribution in [0.2, 0.25) is 21.6 Å². The van der Waals surface area contributed by atoms with Gasteiger partial charge in [0.05, 0.1) is 6.10 Å². The minimum Gasteiger partial charge on any atom is -0.542 e. The summed E-state index contributed by atoms with van der Waals surface area (Å²) in [5.74, 6) is 1.04. The van der Waals surface area contributed by atoms with E-state index in [1.165, 1.54) is 30.6 Å². The van der Waals surface area contributed by atoms with Crippen molar-refractivity contribution in [3.8, 4) is 5.75 Å². The second kappa shape index (κ2) is 12.5. The SMILES string of the molecule is Cc1cc([C@@H](O)[C@@H](C)N2C3CCC2CC(Sc2ccc(Cl)cc2)C3)cc(C)c1O[Si](C(C)C)(C(C)C)C(C)C. The Morgan fingerprint density at radius 3 is 1.82 bits per heavy atom. The number of aliphatic hydroxyl groups is 1. The highest BCUT2D eigenvalue weighted by Crippen LogP contribution is 2.47. The van der Waals surface area contributed by atoms with E-state index in [9.17, 15) is 5.11 Å². The fourth-order valence-corrected chi connectivity index (χ4v) is 14.7. The van der Waals surface area contributed by atoms with E-state index in [1.54, 1.807) is 0 Å². The van der Waals surface area contributed by atoms with Crippen LogP contribution in [0, 0.1) is 13.8 Å². The molecule has 6 heteroatoms. The largest absolute Gasteiger partial charge is 0.542 e. The summed E-state index contributed by atoms with van der Waals surface area (Å²) in [5, 5.41) is 13.1. The van der Waals surface area contributed by atoms with Crippen molar-refractivity contribution < 1.29 is 9.53 Å². The van der Waals surface area contributed by atoms with Crippen molar-refractivity contribution >= 4 is 31.7 Å². The zero-order chi connectivity index (χ0) is 28.6. The number of thioether (sulfide) groups is 1. The maximum absolute atomic E-state index is 11.7. The molecule has 2 bridgehead atoms. The van der Waals surface area contributed by atoms with Crippen molar-refractivity contribution in [2.75, 3.05) is 0 Å². The van der Waals surface area contributed by atoms with Crippen LogP contribution >= 0.6 is 23.4 Å². The van der Waals surface area contributed by atoms with Gasteiger partial charge in [0.25, 0.3) is 8.32 Å². The minimum atomic E-state index is -2.05. The van der Waals surface area contributed by atoms with Gasteiger partial charge in [-0.1, -0.05) is 53.1 Å². The number of hydrogen-bond donors (Lipinski definition) is 1. The Bertz CT molecular complexity index is 1060. The summed E-state index contributed by atoms with van der Waals surface area (Å²) in [6.07, 6.45) is 4.31. The van der Waals surface area contributed by atoms with Crippen LogP contribution in [0.25, 0.3) is 0 Å². The van der Waals surface area contributed by atoms with Crippen molar-refractivity contribution in [1.29, 1.82) is 0 Å². The van der Waals surface area contributed by atoms with Crippen LogP contribution in [-0.4, -0.2) is 41.7 Å². The molecular formula is C33H50ClNO2SSi. The Kier molecular flexibility index (Phi) is 9.91. The lowest BCUT2D eigenvalue weighted by Gasteiger charge is -2.44. The Hall–Kier alpha value is -0.983. The lowest BCUT2D eigenvalue weighted by atomic mass is 9.93. The van der Waals surface area contributed by atoms with Gasteiger partial charge in [-0.15, -0.1) is 11.8 Å². The number of rotatable bonds is 10. The van der Waals surface area contributed by atoms with Crippen molar-refractivity contribution in [2.45, 2.75) is 139 Å². The molecule has 39 heavy (non-hydrogen) atoms. The van der Waals surface area contributed by atoms with Gasteiger partial charge in [0, 0.05) is 33.3 Å². The number of benzene rings is 2. The predicted octanol–water partition coefficient (Wildman–Crippen LogP) is 9.72. The highest BCUT2D eigenvalue weighted by atomic mass is 35.5. The fraction of sp³-hybridized carbons (Fsp3) is 0.636. The third-order valence-corrected chi connectivity index (χ3v) is 17.1. The van der Waals surface area contributed by atoms with Crippen LogP contribution in [0.15, 0.2) is 41.3 Å². The van der Waals surface area contributed by atoms with E-state index in [0.29, 0.717) is 34.0 Å². The van der Waals surface area contributed by atoms with Gasteiger partial charge in [-0.05, 0) is 116 Å². The quantitative estimate of drug-likeness (QED) is 0.280. The van der Waals surface area contributed by atoms with Crippen molar-refractivity contribution in [1.82, 2.24) is 4.90 Å². The molecule has 4 atom stereocenters. The van der Waals surface area contributed by atoms with Crippen LogP contribution < -0.4 is 4.43 Å². The molecule has 0 spiro atoms. The van der Waals surface area contributed by atoms with Gasteiger partial charge in [0.15, 0.2) is 0 Å². The lowest BCUT2D eigenvalue weighted by molar-refractivity contribution is 0.0114. The van der Waals surface area contributed by atoms with E-state index in [-0.39, 0.29) is 6.04 Å². The first kappa shape index (κ1) is 31.0. The third kappa shape index (κ3) is 6.28. The molecule has 4 rings (SSSR count). The Morgan fingerprint density at radius 1 is 0.872 bits per heavy atom. The van der Waals surface area contributed by atoms with E-state index in [4.69, 9.17) is 16.0 Å². The molecule has 0 radical (unpaired) electrons. The number of aliphatic hydroxyl groups excluding tert-OH is 1. The molecule has 2 aliphatic heterocycles. The first-order valence-electron chi connectivity index (χ1n) is 15.0. The summed E-state index contributed by atoms with van der Waals surface area (Å²) in [5.41, 5.74) is 4.90. The second-order valence-electron chi connectivity index (χ2n) is 13.1. The molecule has 2 unspecified atom stereocenters. The molecule has 0 saturated carbocycles. The number of halogens is 1. The highest BCUT2D eigenvalue weighted by molar-refractivity contribution is 8.00. The number of piperidine rings is 1. The molecular weight excluding hydrogens is 538 g/mol. The van der Waals surface area contributed by atoms with Crippen molar-refractivity contribution in [3.05, 3.63) is 58.1 Å². The molecule has 0 amide bonds. The van der Waals surface area contributed by atoms with Gasteiger partial charge in [-0.2, -0.15) is 0 Å². The van der Waals surface area contributed by atoms with Gasteiger partial charge in [0.1, 0.15) is 5.75 Å².